The number of aromatic nitrogens is 2. The molecule has 2 aromatic heterocycles. The minimum atomic E-state index is 0.240. The molecule has 0 unspecified atom stereocenters. The number of fused-ring (bicyclic) bond motifs is 1. The van der Waals surface area contributed by atoms with E-state index in [0.717, 1.165) is 27.6 Å². The maximum atomic E-state index is 4.65. The predicted molar refractivity (Wildman–Crippen MR) is 82.7 cm³/mol. The Morgan fingerprint density at radius 3 is 2.67 bits per heavy atom. The first-order valence-corrected chi connectivity index (χ1v) is 7.78. The second-order valence-corrected chi connectivity index (χ2v) is 8.25. The molecule has 0 spiro atoms. The summed E-state index contributed by atoms with van der Waals surface area (Å²) >= 11 is 3.60. The van der Waals surface area contributed by atoms with Crippen LogP contribution in [0.3, 0.4) is 0 Å². The second-order valence-electron chi connectivity index (χ2n) is 5.22. The van der Waals surface area contributed by atoms with Crippen molar-refractivity contribution >= 4 is 39.1 Å². The molecule has 1 N–H and O–H groups in total. The van der Waals surface area contributed by atoms with Crippen molar-refractivity contribution in [1.82, 2.24) is 9.97 Å². The number of aryl methyl sites for hydroxylation is 1. The van der Waals surface area contributed by atoms with Gasteiger partial charge >= 0.3 is 0 Å². The molecular formula is C13H19N3S2. The van der Waals surface area contributed by atoms with E-state index in [0.29, 0.717) is 0 Å². The molecule has 0 aliphatic carbocycles. The fourth-order valence-electron chi connectivity index (χ4n) is 1.62. The van der Waals surface area contributed by atoms with Gasteiger partial charge in [0.25, 0.3) is 0 Å². The van der Waals surface area contributed by atoms with Crippen molar-refractivity contribution in [2.24, 2.45) is 0 Å². The molecule has 0 fully saturated rings. The number of hydrogen-bond acceptors (Lipinski definition) is 5. The summed E-state index contributed by atoms with van der Waals surface area (Å²) in [6.45, 7) is 8.74. The van der Waals surface area contributed by atoms with Crippen molar-refractivity contribution in [2.75, 3.05) is 12.4 Å². The average Bonchev–Trinajstić information content (AvgIpc) is 2.64. The van der Waals surface area contributed by atoms with Gasteiger partial charge in [-0.05, 0) is 13.0 Å². The minimum absolute atomic E-state index is 0.240. The number of thioether (sulfide) groups is 1. The molecule has 0 radical (unpaired) electrons. The quantitative estimate of drug-likeness (QED) is 0.920. The highest BCUT2D eigenvalue weighted by Gasteiger charge is 2.14. The van der Waals surface area contributed by atoms with Gasteiger partial charge in [-0.2, -0.15) is 0 Å². The summed E-state index contributed by atoms with van der Waals surface area (Å²) in [6, 6.07) is 2.15. The van der Waals surface area contributed by atoms with Gasteiger partial charge in [-0.15, -0.1) is 23.1 Å². The lowest BCUT2D eigenvalue weighted by atomic mass is 10.3. The van der Waals surface area contributed by atoms with E-state index in [9.17, 15) is 0 Å². The van der Waals surface area contributed by atoms with E-state index in [1.807, 2.05) is 18.8 Å². The molecule has 0 bridgehead atoms. The summed E-state index contributed by atoms with van der Waals surface area (Å²) in [4.78, 5) is 11.6. The third-order valence-corrected chi connectivity index (χ3v) is 4.65. The Morgan fingerprint density at radius 2 is 2.06 bits per heavy atom. The van der Waals surface area contributed by atoms with Crippen molar-refractivity contribution in [3.63, 3.8) is 0 Å². The molecule has 0 saturated carbocycles. The van der Waals surface area contributed by atoms with Gasteiger partial charge in [-0.25, -0.2) is 9.97 Å². The van der Waals surface area contributed by atoms with E-state index in [2.05, 4.69) is 49.0 Å². The number of thiophene rings is 1. The lowest BCUT2D eigenvalue weighted by molar-refractivity contribution is 0.800. The first kappa shape index (κ1) is 13.6. The fraction of sp³-hybridized carbons (Fsp3) is 0.538. The highest BCUT2D eigenvalue weighted by Crippen LogP contribution is 2.31. The van der Waals surface area contributed by atoms with Crippen LogP contribution in [0.5, 0.6) is 0 Å². The Kier molecular flexibility index (Phi) is 3.82. The topological polar surface area (TPSA) is 37.8 Å². The standard InChI is InChI=1S/C13H19N3S2/c1-8-6-9-11(14-5)15-10(16-12(9)18-8)7-17-13(2,3)4/h6H,7H2,1-5H3,(H,14,15,16). The van der Waals surface area contributed by atoms with Crippen molar-refractivity contribution < 1.29 is 0 Å². The van der Waals surface area contributed by atoms with Gasteiger partial charge in [0.15, 0.2) is 0 Å². The molecule has 0 saturated heterocycles. The molecule has 0 amide bonds. The van der Waals surface area contributed by atoms with Crippen LogP contribution in [0.25, 0.3) is 10.2 Å². The molecule has 0 aliphatic rings. The number of rotatable bonds is 3. The van der Waals surface area contributed by atoms with Crippen molar-refractivity contribution in [3.05, 3.63) is 16.8 Å². The van der Waals surface area contributed by atoms with Crippen LogP contribution in [0, 0.1) is 6.92 Å². The molecule has 2 rings (SSSR count). The van der Waals surface area contributed by atoms with Crippen LogP contribution in [-0.2, 0) is 5.75 Å². The Bertz CT molecular complexity index is 555. The normalized spacial score (nSPS) is 12.1. The zero-order valence-electron chi connectivity index (χ0n) is 11.5. The third kappa shape index (κ3) is 3.14. The van der Waals surface area contributed by atoms with Crippen LogP contribution in [0.1, 0.15) is 31.5 Å². The molecule has 18 heavy (non-hydrogen) atoms. The highest BCUT2D eigenvalue weighted by molar-refractivity contribution is 7.99. The van der Waals surface area contributed by atoms with Crippen LogP contribution in [0.4, 0.5) is 5.82 Å². The molecule has 5 heteroatoms. The maximum Gasteiger partial charge on any atom is 0.142 e. The average molecular weight is 281 g/mol. The molecule has 2 heterocycles. The number of nitrogens with zero attached hydrogens (tertiary/aromatic N) is 2. The Balaban J connectivity index is 2.34. The van der Waals surface area contributed by atoms with E-state index < -0.39 is 0 Å². The van der Waals surface area contributed by atoms with E-state index in [4.69, 9.17) is 0 Å². The number of anilines is 1. The molecular weight excluding hydrogens is 262 g/mol. The van der Waals surface area contributed by atoms with Gasteiger partial charge in [0, 0.05) is 16.7 Å². The van der Waals surface area contributed by atoms with Gasteiger partial charge in [0.1, 0.15) is 16.5 Å². The van der Waals surface area contributed by atoms with E-state index >= 15 is 0 Å². The van der Waals surface area contributed by atoms with Crippen LogP contribution < -0.4 is 5.32 Å². The van der Waals surface area contributed by atoms with Crippen molar-refractivity contribution in [2.45, 2.75) is 38.2 Å². The molecule has 98 valence electrons. The molecule has 0 aromatic carbocycles. The van der Waals surface area contributed by atoms with E-state index in [-0.39, 0.29) is 4.75 Å². The maximum absolute atomic E-state index is 4.65. The zero-order chi connectivity index (χ0) is 13.3. The first-order chi connectivity index (χ1) is 8.39. The van der Waals surface area contributed by atoms with Crippen LogP contribution in [0.2, 0.25) is 0 Å². The summed E-state index contributed by atoms with van der Waals surface area (Å²) in [5.74, 6) is 2.70. The smallest absolute Gasteiger partial charge is 0.142 e. The second kappa shape index (κ2) is 5.05. The number of nitrogens with one attached hydrogen (secondary N) is 1. The third-order valence-electron chi connectivity index (χ3n) is 2.43. The lowest BCUT2D eigenvalue weighted by Gasteiger charge is -2.16. The monoisotopic (exact) mass is 281 g/mol. The van der Waals surface area contributed by atoms with Gasteiger partial charge < -0.3 is 5.32 Å². The summed E-state index contributed by atoms with van der Waals surface area (Å²) in [6.07, 6.45) is 0. The van der Waals surface area contributed by atoms with Crippen molar-refractivity contribution in [3.8, 4) is 0 Å². The van der Waals surface area contributed by atoms with Crippen LogP contribution in [0.15, 0.2) is 6.07 Å². The molecule has 3 nitrogen and oxygen atoms in total. The summed E-state index contributed by atoms with van der Waals surface area (Å²) in [5, 5.41) is 4.30. The minimum Gasteiger partial charge on any atom is -0.372 e. The SMILES string of the molecule is CNc1nc(CSC(C)(C)C)nc2sc(C)cc12. The highest BCUT2D eigenvalue weighted by atomic mass is 32.2. The van der Waals surface area contributed by atoms with Gasteiger partial charge in [-0.1, -0.05) is 20.8 Å². The van der Waals surface area contributed by atoms with Gasteiger partial charge in [0.05, 0.1) is 11.1 Å². The Hall–Kier alpha value is -0.810. The van der Waals surface area contributed by atoms with Crippen LogP contribution in [-0.4, -0.2) is 21.8 Å². The van der Waals surface area contributed by atoms with E-state index in [1.54, 1.807) is 11.3 Å². The van der Waals surface area contributed by atoms with Gasteiger partial charge in [0.2, 0.25) is 0 Å². The summed E-state index contributed by atoms with van der Waals surface area (Å²) in [7, 11) is 1.91. The molecule has 0 aliphatic heterocycles. The largest absolute Gasteiger partial charge is 0.372 e. The van der Waals surface area contributed by atoms with Crippen LogP contribution >= 0.6 is 23.1 Å². The lowest BCUT2D eigenvalue weighted by Crippen LogP contribution is -2.09. The Morgan fingerprint density at radius 1 is 1.33 bits per heavy atom. The van der Waals surface area contributed by atoms with Gasteiger partial charge in [-0.3, -0.25) is 0 Å². The summed E-state index contributed by atoms with van der Waals surface area (Å²) < 4.78 is 0.240. The first-order valence-electron chi connectivity index (χ1n) is 5.98. The predicted octanol–water partition coefficient (Wildman–Crippen LogP) is 4.07. The summed E-state index contributed by atoms with van der Waals surface area (Å²) in [5.41, 5.74) is 0. The zero-order valence-corrected chi connectivity index (χ0v) is 13.1. The van der Waals surface area contributed by atoms with Crippen molar-refractivity contribution in [1.29, 1.82) is 0 Å². The fourth-order valence-corrected chi connectivity index (χ4v) is 3.21. The van der Waals surface area contributed by atoms with E-state index in [1.165, 1.54) is 4.88 Å². The molecule has 2 aromatic rings. The Labute approximate surface area is 116 Å². The number of hydrogen-bond donors (Lipinski definition) is 1. The molecule has 0 atom stereocenters.